The molecular weight excluding hydrogens is 469 g/mol. The third-order valence-electron chi connectivity index (χ3n) is 5.44. The number of nitrogens with zero attached hydrogens (tertiary/aromatic N) is 2. The van der Waals surface area contributed by atoms with Crippen molar-refractivity contribution in [1.82, 2.24) is 20.6 Å². The molecule has 2 heterocycles. The van der Waals surface area contributed by atoms with Crippen molar-refractivity contribution in [2.24, 2.45) is 11.7 Å². The van der Waals surface area contributed by atoms with Gasteiger partial charge in [-0.1, -0.05) is 44.2 Å². The molecule has 2 amide bonds. The maximum atomic E-state index is 13.4. The summed E-state index contributed by atoms with van der Waals surface area (Å²) in [6.45, 7) is 3.75. The van der Waals surface area contributed by atoms with Crippen molar-refractivity contribution in [3.05, 3.63) is 60.2 Å². The monoisotopic (exact) mass is 497 g/mol. The first kappa shape index (κ1) is 26.8. The van der Waals surface area contributed by atoms with Gasteiger partial charge in [-0.15, -0.1) is 0 Å². The van der Waals surface area contributed by atoms with Crippen LogP contribution in [0.3, 0.4) is 0 Å². The van der Waals surface area contributed by atoms with Gasteiger partial charge in [-0.25, -0.2) is 9.78 Å². The van der Waals surface area contributed by atoms with Gasteiger partial charge in [0.25, 0.3) is 5.91 Å². The van der Waals surface area contributed by atoms with Crippen LogP contribution in [0.1, 0.15) is 36.3 Å². The Morgan fingerprint density at radius 2 is 1.89 bits per heavy atom. The molecule has 36 heavy (non-hydrogen) atoms. The highest BCUT2D eigenvalue weighted by atomic mass is 16.6. The lowest BCUT2D eigenvalue weighted by Crippen LogP contribution is -2.64. The van der Waals surface area contributed by atoms with Crippen LogP contribution in [-0.2, 0) is 30.1 Å². The fraction of sp³-hybridized carbons (Fsp3) is 0.391. The van der Waals surface area contributed by atoms with E-state index in [2.05, 4.69) is 20.6 Å². The second-order valence-electron chi connectivity index (χ2n) is 8.78. The number of nitrogens with one attached hydrogen (secondary N) is 2. The van der Waals surface area contributed by atoms with Crippen LogP contribution in [0.25, 0.3) is 0 Å². The van der Waals surface area contributed by atoms with Crippen LogP contribution in [-0.4, -0.2) is 70.1 Å². The molecule has 0 aliphatic carbocycles. The van der Waals surface area contributed by atoms with Gasteiger partial charge in [-0.05, 0) is 17.9 Å². The van der Waals surface area contributed by atoms with Gasteiger partial charge in [0.2, 0.25) is 5.91 Å². The summed E-state index contributed by atoms with van der Waals surface area (Å²) in [5.74, 6) is -4.43. The molecule has 0 bridgehead atoms. The van der Waals surface area contributed by atoms with E-state index in [1.807, 2.05) is 32.0 Å². The second kappa shape index (κ2) is 12.2. The molecule has 0 radical (unpaired) electrons. The number of rotatable bonds is 10. The lowest BCUT2D eigenvalue weighted by molar-refractivity contribution is -0.159. The molecule has 1 saturated heterocycles. The van der Waals surface area contributed by atoms with Crippen LogP contribution in [0.2, 0.25) is 0 Å². The van der Waals surface area contributed by atoms with Crippen molar-refractivity contribution in [3.8, 4) is 0 Å². The number of carbonyl (C=O) groups excluding carboxylic acids is 3. The summed E-state index contributed by atoms with van der Waals surface area (Å²) in [6.07, 6.45) is 2.88. The summed E-state index contributed by atoms with van der Waals surface area (Å²) < 4.78 is 10.7. The molecule has 1 aromatic carbocycles. The SMILES string of the molecule is CC(C)CC(NC(=O)C(Cc1ccccc1)NC(=O)c1cnccn1)B1OC(=O)[C@H](N)[C@H](C(=O)O)O1. The van der Waals surface area contributed by atoms with E-state index in [9.17, 15) is 24.3 Å². The zero-order valence-corrected chi connectivity index (χ0v) is 19.9. The van der Waals surface area contributed by atoms with Crippen LogP contribution in [0.4, 0.5) is 0 Å². The Morgan fingerprint density at radius 3 is 2.50 bits per heavy atom. The zero-order chi connectivity index (χ0) is 26.2. The largest absolute Gasteiger partial charge is 0.552 e. The number of aromatic nitrogens is 2. The highest BCUT2D eigenvalue weighted by Crippen LogP contribution is 2.18. The average Bonchev–Trinajstić information content (AvgIpc) is 2.85. The minimum atomic E-state index is -1.63. The van der Waals surface area contributed by atoms with Crippen LogP contribution in [0.15, 0.2) is 48.9 Å². The summed E-state index contributed by atoms with van der Waals surface area (Å²) in [4.78, 5) is 57.7. The van der Waals surface area contributed by atoms with Gasteiger partial charge in [0.1, 0.15) is 17.8 Å². The molecule has 5 N–H and O–H groups in total. The van der Waals surface area contributed by atoms with Gasteiger partial charge in [0.15, 0.2) is 6.10 Å². The van der Waals surface area contributed by atoms with Crippen LogP contribution in [0, 0.1) is 5.92 Å². The fourth-order valence-electron chi connectivity index (χ4n) is 3.70. The smallest absolute Gasteiger partial charge is 0.507 e. The first-order valence-electron chi connectivity index (χ1n) is 11.4. The molecule has 12 nitrogen and oxygen atoms in total. The van der Waals surface area contributed by atoms with E-state index in [0.717, 1.165) is 5.56 Å². The van der Waals surface area contributed by atoms with E-state index in [1.54, 1.807) is 12.1 Å². The van der Waals surface area contributed by atoms with E-state index in [1.165, 1.54) is 18.6 Å². The van der Waals surface area contributed by atoms with E-state index < -0.39 is 55.0 Å². The fourth-order valence-corrected chi connectivity index (χ4v) is 3.70. The Bertz CT molecular complexity index is 1070. The molecule has 1 fully saturated rings. The molecule has 2 unspecified atom stereocenters. The van der Waals surface area contributed by atoms with Crippen molar-refractivity contribution in [2.45, 2.75) is 50.8 Å². The van der Waals surface area contributed by atoms with Crippen molar-refractivity contribution in [2.75, 3.05) is 0 Å². The Hall–Kier alpha value is -3.84. The third-order valence-corrected chi connectivity index (χ3v) is 5.44. The summed E-state index contributed by atoms with van der Waals surface area (Å²) in [5, 5.41) is 14.8. The van der Waals surface area contributed by atoms with Gasteiger partial charge in [-0.2, -0.15) is 0 Å². The molecule has 4 atom stereocenters. The first-order valence-corrected chi connectivity index (χ1v) is 11.4. The number of carboxylic acid groups (broad SMARTS) is 1. The number of carbonyl (C=O) groups is 4. The number of nitrogens with two attached hydrogens (primary N) is 1. The summed E-state index contributed by atoms with van der Waals surface area (Å²) >= 11 is 0. The molecule has 2 aromatic rings. The van der Waals surface area contributed by atoms with Crippen LogP contribution in [0.5, 0.6) is 0 Å². The van der Waals surface area contributed by atoms with Crippen molar-refractivity contribution in [3.63, 3.8) is 0 Å². The highest BCUT2D eigenvalue weighted by molar-refractivity contribution is 6.50. The molecule has 1 aliphatic heterocycles. The van der Waals surface area contributed by atoms with Crippen LogP contribution >= 0.6 is 0 Å². The maximum Gasteiger partial charge on any atom is 0.552 e. The van der Waals surface area contributed by atoms with E-state index in [0.29, 0.717) is 6.42 Å². The average molecular weight is 497 g/mol. The topological polar surface area (TPSA) is 183 Å². The third kappa shape index (κ3) is 7.09. The minimum absolute atomic E-state index is 0.0123. The number of hydrogen-bond donors (Lipinski definition) is 4. The van der Waals surface area contributed by atoms with Gasteiger partial charge >= 0.3 is 19.1 Å². The second-order valence-corrected chi connectivity index (χ2v) is 8.78. The van der Waals surface area contributed by atoms with Crippen molar-refractivity contribution < 1.29 is 33.6 Å². The Labute approximate surface area is 208 Å². The summed E-state index contributed by atoms with van der Waals surface area (Å²) in [7, 11) is -1.38. The molecule has 3 rings (SSSR count). The predicted molar refractivity (Wildman–Crippen MR) is 127 cm³/mol. The number of aliphatic carboxylic acids is 1. The summed E-state index contributed by atoms with van der Waals surface area (Å²) in [6, 6.07) is 6.53. The molecule has 1 aliphatic rings. The molecule has 190 valence electrons. The molecule has 0 spiro atoms. The zero-order valence-electron chi connectivity index (χ0n) is 19.9. The standard InChI is InChI=1S/C23H28BN5O7/c1-13(2)10-17(24-35-19(22(32)33)18(25)23(34)36-24)29-20(30)15(11-14-6-4-3-5-7-14)28-21(31)16-12-26-8-9-27-16/h3-9,12-13,15,17-19H,10-11,25H2,1-2H3,(H,28,31)(H,29,30)(H,32,33)/t15?,17?,18-,19-/m1/s1. The lowest BCUT2D eigenvalue weighted by Gasteiger charge is -2.34. The lowest BCUT2D eigenvalue weighted by atomic mass is 9.72. The number of carboxylic acids is 1. The normalized spacial score (nSPS) is 19.2. The Kier molecular flexibility index (Phi) is 9.09. The van der Waals surface area contributed by atoms with Gasteiger partial charge in [0.05, 0.1) is 12.1 Å². The maximum absolute atomic E-state index is 13.4. The molecule has 1 aromatic heterocycles. The first-order chi connectivity index (χ1) is 17.2. The Morgan fingerprint density at radius 1 is 1.17 bits per heavy atom. The van der Waals surface area contributed by atoms with E-state index in [-0.39, 0.29) is 18.0 Å². The van der Waals surface area contributed by atoms with Gasteiger partial charge in [-0.3, -0.25) is 19.4 Å². The number of hydrogen-bond acceptors (Lipinski definition) is 9. The van der Waals surface area contributed by atoms with E-state index >= 15 is 0 Å². The quantitative estimate of drug-likeness (QED) is 0.319. The Balaban J connectivity index is 1.82. The summed E-state index contributed by atoms with van der Waals surface area (Å²) in [5.41, 5.74) is 6.43. The van der Waals surface area contributed by atoms with Crippen LogP contribution < -0.4 is 16.4 Å². The molecule has 0 saturated carbocycles. The van der Waals surface area contributed by atoms with E-state index in [4.69, 9.17) is 15.0 Å². The minimum Gasteiger partial charge on any atom is -0.507 e. The van der Waals surface area contributed by atoms with Gasteiger partial charge < -0.3 is 30.8 Å². The molecule has 13 heteroatoms. The van der Waals surface area contributed by atoms with Crippen molar-refractivity contribution in [1.29, 1.82) is 0 Å². The number of amides is 2. The van der Waals surface area contributed by atoms with Gasteiger partial charge in [0, 0.05) is 18.8 Å². The predicted octanol–water partition coefficient (Wildman–Crippen LogP) is -0.270. The molecular formula is C23H28BN5O7. The van der Waals surface area contributed by atoms with Crippen molar-refractivity contribution >= 4 is 30.9 Å². The highest BCUT2D eigenvalue weighted by Gasteiger charge is 2.48. The number of benzene rings is 1.